The molecule has 0 saturated carbocycles. The van der Waals surface area contributed by atoms with E-state index in [1.165, 1.54) is 0 Å². The van der Waals surface area contributed by atoms with Crippen molar-refractivity contribution in [3.8, 4) is 0 Å². The van der Waals surface area contributed by atoms with Gasteiger partial charge in [-0.15, -0.1) is 0 Å². The number of H-pyrrole nitrogens is 1. The number of hydrogen-bond acceptors (Lipinski definition) is 2. The van der Waals surface area contributed by atoms with Gasteiger partial charge in [0.1, 0.15) is 0 Å². The molecule has 1 aromatic heterocycles. The summed E-state index contributed by atoms with van der Waals surface area (Å²) in [7, 11) is 0. The zero-order valence-electron chi connectivity index (χ0n) is 5.37. The maximum Gasteiger partial charge on any atom is 0.0156 e. The van der Waals surface area contributed by atoms with Crippen LogP contribution < -0.4 is 0 Å². The molecule has 56 valence electrons. The molecule has 1 heterocycles. The second-order valence-corrected chi connectivity index (χ2v) is 2.97. The molecule has 0 aromatic carbocycles. The monoisotopic (exact) mass is 158 g/mol. The highest BCUT2D eigenvalue weighted by Gasteiger charge is 1.90. The molecule has 1 atom stereocenters. The SMILES string of the molecule is O=S([O-])CCc1ccc[nH]1. The van der Waals surface area contributed by atoms with Gasteiger partial charge in [0.05, 0.1) is 0 Å². The zero-order chi connectivity index (χ0) is 7.40. The molecule has 0 bridgehead atoms. The molecule has 0 aliphatic heterocycles. The Balaban J connectivity index is 2.35. The van der Waals surface area contributed by atoms with E-state index in [2.05, 4.69) is 4.98 Å². The molecule has 1 unspecified atom stereocenters. The molecule has 10 heavy (non-hydrogen) atoms. The molecule has 0 fully saturated rings. The van der Waals surface area contributed by atoms with Gasteiger partial charge in [-0.1, -0.05) is 11.1 Å². The van der Waals surface area contributed by atoms with Gasteiger partial charge in [-0.05, 0) is 18.6 Å². The first kappa shape index (κ1) is 7.50. The van der Waals surface area contributed by atoms with Crippen molar-refractivity contribution in [2.24, 2.45) is 0 Å². The van der Waals surface area contributed by atoms with E-state index in [0.29, 0.717) is 6.42 Å². The Kier molecular flexibility index (Phi) is 2.65. The van der Waals surface area contributed by atoms with Crippen molar-refractivity contribution in [2.45, 2.75) is 6.42 Å². The number of aryl methyl sites for hydroxylation is 1. The van der Waals surface area contributed by atoms with Crippen LogP contribution >= 0.6 is 0 Å². The predicted octanol–water partition coefficient (Wildman–Crippen LogP) is 0.436. The highest BCUT2D eigenvalue weighted by Crippen LogP contribution is 1.95. The number of nitrogens with one attached hydrogen (secondary N) is 1. The molecule has 0 aliphatic carbocycles. The largest absolute Gasteiger partial charge is 0.772 e. The van der Waals surface area contributed by atoms with Gasteiger partial charge in [0.15, 0.2) is 0 Å². The molecule has 4 heteroatoms. The van der Waals surface area contributed by atoms with Crippen LogP contribution in [0.1, 0.15) is 5.69 Å². The minimum atomic E-state index is -1.92. The first-order valence-electron chi connectivity index (χ1n) is 2.97. The van der Waals surface area contributed by atoms with Crippen LogP contribution in [0.4, 0.5) is 0 Å². The van der Waals surface area contributed by atoms with E-state index in [9.17, 15) is 8.76 Å². The first-order valence-corrected chi connectivity index (χ1v) is 4.21. The van der Waals surface area contributed by atoms with Crippen molar-refractivity contribution in [2.75, 3.05) is 5.75 Å². The second-order valence-electron chi connectivity index (χ2n) is 1.95. The van der Waals surface area contributed by atoms with Crippen molar-refractivity contribution >= 4 is 11.1 Å². The fourth-order valence-corrected chi connectivity index (χ4v) is 1.10. The quantitative estimate of drug-likeness (QED) is 0.649. The summed E-state index contributed by atoms with van der Waals surface area (Å²) in [6.07, 6.45) is 2.35. The van der Waals surface area contributed by atoms with Gasteiger partial charge >= 0.3 is 0 Å². The van der Waals surface area contributed by atoms with E-state index in [-0.39, 0.29) is 5.75 Å². The molecule has 0 saturated heterocycles. The van der Waals surface area contributed by atoms with Crippen LogP contribution in [-0.4, -0.2) is 19.5 Å². The van der Waals surface area contributed by atoms with E-state index >= 15 is 0 Å². The van der Waals surface area contributed by atoms with E-state index in [1.807, 2.05) is 12.1 Å². The Morgan fingerprint density at radius 2 is 2.50 bits per heavy atom. The summed E-state index contributed by atoms with van der Waals surface area (Å²) in [4.78, 5) is 2.92. The van der Waals surface area contributed by atoms with Crippen molar-refractivity contribution < 1.29 is 8.76 Å². The Labute approximate surface area is 61.7 Å². The summed E-state index contributed by atoms with van der Waals surface area (Å²) in [5.41, 5.74) is 0.962. The van der Waals surface area contributed by atoms with Gasteiger partial charge < -0.3 is 9.54 Å². The summed E-state index contributed by atoms with van der Waals surface area (Å²) < 4.78 is 20.2. The van der Waals surface area contributed by atoms with E-state index in [1.54, 1.807) is 6.20 Å². The highest BCUT2D eigenvalue weighted by atomic mass is 32.2. The average Bonchev–Trinajstić information content (AvgIpc) is 2.34. The maximum absolute atomic E-state index is 10.1. The fourth-order valence-electron chi connectivity index (χ4n) is 0.716. The van der Waals surface area contributed by atoms with E-state index in [4.69, 9.17) is 0 Å². The Morgan fingerprint density at radius 1 is 1.70 bits per heavy atom. The third-order valence-electron chi connectivity index (χ3n) is 1.20. The van der Waals surface area contributed by atoms with Crippen molar-refractivity contribution in [1.82, 2.24) is 4.98 Å². The van der Waals surface area contributed by atoms with Crippen LogP contribution in [0.5, 0.6) is 0 Å². The Bertz CT molecular complexity index is 208. The Hall–Kier alpha value is -0.610. The van der Waals surface area contributed by atoms with E-state index < -0.39 is 11.1 Å². The van der Waals surface area contributed by atoms with Gasteiger partial charge in [0.25, 0.3) is 0 Å². The third-order valence-corrected chi connectivity index (χ3v) is 1.74. The number of aromatic amines is 1. The van der Waals surface area contributed by atoms with Crippen LogP contribution in [0.25, 0.3) is 0 Å². The lowest BCUT2D eigenvalue weighted by Crippen LogP contribution is -1.99. The summed E-state index contributed by atoms with van der Waals surface area (Å²) in [5, 5.41) is 0. The molecular formula is C6H8NO2S-. The molecule has 1 aromatic rings. The van der Waals surface area contributed by atoms with Crippen molar-refractivity contribution in [3.63, 3.8) is 0 Å². The second kappa shape index (κ2) is 3.53. The van der Waals surface area contributed by atoms with Gasteiger partial charge in [-0.3, -0.25) is 4.21 Å². The first-order chi connectivity index (χ1) is 4.79. The summed E-state index contributed by atoms with van der Waals surface area (Å²) >= 11 is -1.92. The van der Waals surface area contributed by atoms with Gasteiger partial charge in [0.2, 0.25) is 0 Å². The molecule has 1 rings (SSSR count). The van der Waals surface area contributed by atoms with Crippen molar-refractivity contribution in [3.05, 3.63) is 24.0 Å². The standard InChI is InChI=1S/C6H9NO2S/c8-10(9)5-3-6-2-1-4-7-6/h1-2,4,7H,3,5H2,(H,8,9)/p-1. The molecule has 0 spiro atoms. The van der Waals surface area contributed by atoms with Crippen LogP contribution in [0.15, 0.2) is 18.3 Å². The van der Waals surface area contributed by atoms with Gasteiger partial charge in [-0.25, -0.2) is 0 Å². The topological polar surface area (TPSA) is 55.9 Å². The molecule has 0 radical (unpaired) electrons. The minimum absolute atomic E-state index is 0.195. The van der Waals surface area contributed by atoms with Crippen LogP contribution in [0, 0.1) is 0 Å². The number of aromatic nitrogens is 1. The molecule has 0 aliphatic rings. The Morgan fingerprint density at radius 3 is 3.00 bits per heavy atom. The molecule has 3 nitrogen and oxygen atoms in total. The normalized spacial score (nSPS) is 13.3. The third kappa shape index (κ3) is 2.33. The lowest BCUT2D eigenvalue weighted by atomic mass is 10.3. The molecule has 1 N–H and O–H groups in total. The number of hydrogen-bond donors (Lipinski definition) is 1. The average molecular weight is 158 g/mol. The predicted molar refractivity (Wildman–Crippen MR) is 38.3 cm³/mol. The van der Waals surface area contributed by atoms with Crippen LogP contribution in [-0.2, 0) is 17.5 Å². The van der Waals surface area contributed by atoms with Crippen LogP contribution in [0.2, 0.25) is 0 Å². The summed E-state index contributed by atoms with van der Waals surface area (Å²) in [5.74, 6) is 0.195. The summed E-state index contributed by atoms with van der Waals surface area (Å²) in [6, 6.07) is 3.72. The number of rotatable bonds is 3. The molecular weight excluding hydrogens is 150 g/mol. The lowest BCUT2D eigenvalue weighted by molar-refractivity contribution is 0.536. The van der Waals surface area contributed by atoms with Gasteiger partial charge in [-0.2, -0.15) is 0 Å². The maximum atomic E-state index is 10.1. The van der Waals surface area contributed by atoms with E-state index in [0.717, 1.165) is 5.69 Å². The smallest absolute Gasteiger partial charge is 0.0156 e. The highest BCUT2D eigenvalue weighted by molar-refractivity contribution is 7.79. The zero-order valence-corrected chi connectivity index (χ0v) is 6.19. The van der Waals surface area contributed by atoms with Crippen molar-refractivity contribution in [1.29, 1.82) is 0 Å². The van der Waals surface area contributed by atoms with Crippen LogP contribution in [0.3, 0.4) is 0 Å². The minimum Gasteiger partial charge on any atom is -0.772 e. The fraction of sp³-hybridized carbons (Fsp3) is 0.333. The summed E-state index contributed by atoms with van der Waals surface area (Å²) in [6.45, 7) is 0. The van der Waals surface area contributed by atoms with Gasteiger partial charge in [0, 0.05) is 17.6 Å². The lowest BCUT2D eigenvalue weighted by Gasteiger charge is -2.01. The molecule has 0 amide bonds.